The van der Waals surface area contributed by atoms with Gasteiger partial charge in [0.2, 0.25) is 0 Å². The summed E-state index contributed by atoms with van der Waals surface area (Å²) in [6.45, 7) is 0. The molecule has 332 valence electrons. The maximum atomic E-state index is 5.11. The van der Waals surface area contributed by atoms with Crippen molar-refractivity contribution in [1.82, 2.24) is 19.0 Å². The summed E-state index contributed by atoms with van der Waals surface area (Å²) in [4.78, 5) is 7.51. The van der Waals surface area contributed by atoms with Crippen LogP contribution in [-0.4, -0.2) is 26.1 Å². The molecule has 1 atom stereocenters. The Morgan fingerprint density at radius 3 is 1.55 bits per heavy atom. The van der Waals surface area contributed by atoms with Gasteiger partial charge in [-0.15, -0.1) is 0 Å². The fourth-order valence-electron chi connectivity index (χ4n) is 11.9. The first-order chi connectivity index (χ1) is 34.1. The molecule has 11 aromatic rings. The Kier molecular flexibility index (Phi) is 10.0. The van der Waals surface area contributed by atoms with Crippen molar-refractivity contribution in [2.24, 2.45) is 0 Å². The van der Waals surface area contributed by atoms with Crippen LogP contribution in [0.1, 0.15) is 60.4 Å². The molecule has 0 bridgehead atoms. The molecule has 4 heteroatoms. The average Bonchev–Trinajstić information content (AvgIpc) is 3.94. The summed E-state index contributed by atoms with van der Waals surface area (Å²) in [6, 6.07) is 78.4. The lowest BCUT2D eigenvalue weighted by atomic mass is 9.65. The van der Waals surface area contributed by atoms with E-state index in [0.29, 0.717) is 0 Å². The molecule has 0 amide bonds. The number of allylic oxidation sites excluding steroid dienone is 2. The van der Waals surface area contributed by atoms with Crippen molar-refractivity contribution >= 4 is 49.3 Å². The van der Waals surface area contributed by atoms with Crippen LogP contribution < -0.4 is 0 Å². The van der Waals surface area contributed by atoms with Crippen LogP contribution in [0.25, 0.3) is 83.2 Å². The smallest absolute Gasteiger partial charge is 0.0726 e. The summed E-state index contributed by atoms with van der Waals surface area (Å²) in [6.07, 6.45) is 12.8. The van der Waals surface area contributed by atoms with E-state index >= 15 is 0 Å². The Balaban J connectivity index is 0.835. The SMILES string of the molecule is CN1C(c2ccc3c(c2)c2ccccc2n3-c2ccc(C3(c4ccc(-n5c6ccccc6c6cc(-c7cccc(-c8ccccc8)n7)ccc65)cc4)CCCCC3)cc2)=CC=CC1c1ccccc1. The van der Waals surface area contributed by atoms with E-state index in [1.54, 1.807) is 0 Å². The molecule has 4 nitrogen and oxygen atoms in total. The Hall–Kier alpha value is -8.21. The zero-order valence-corrected chi connectivity index (χ0v) is 38.8. The molecule has 2 aliphatic rings. The average molecular weight is 889 g/mol. The minimum absolute atomic E-state index is 0.0478. The number of hydrogen-bond acceptors (Lipinski definition) is 2. The second-order valence-corrected chi connectivity index (χ2v) is 19.1. The Morgan fingerprint density at radius 2 is 0.942 bits per heavy atom. The first-order valence-electron chi connectivity index (χ1n) is 24.6. The van der Waals surface area contributed by atoms with Crippen LogP contribution in [0, 0.1) is 0 Å². The zero-order valence-electron chi connectivity index (χ0n) is 38.8. The van der Waals surface area contributed by atoms with Crippen molar-refractivity contribution < 1.29 is 0 Å². The highest BCUT2D eigenvalue weighted by Crippen LogP contribution is 2.46. The molecule has 1 saturated carbocycles. The second-order valence-electron chi connectivity index (χ2n) is 19.1. The Bertz CT molecular complexity index is 3750. The summed E-state index contributed by atoms with van der Waals surface area (Å²) < 4.78 is 4.89. The van der Waals surface area contributed by atoms with Crippen LogP contribution in [0.15, 0.2) is 231 Å². The van der Waals surface area contributed by atoms with Gasteiger partial charge in [-0.25, -0.2) is 4.98 Å². The third-order valence-electron chi connectivity index (χ3n) is 15.3. The van der Waals surface area contributed by atoms with Gasteiger partial charge in [-0.2, -0.15) is 0 Å². The number of benzene rings is 8. The van der Waals surface area contributed by atoms with E-state index in [2.05, 4.69) is 246 Å². The fraction of sp³-hybridized carbons (Fsp3) is 0.123. The van der Waals surface area contributed by atoms with E-state index in [0.717, 1.165) is 35.4 Å². The van der Waals surface area contributed by atoms with E-state index in [-0.39, 0.29) is 11.5 Å². The summed E-state index contributed by atoms with van der Waals surface area (Å²) in [5.41, 5.74) is 17.9. The van der Waals surface area contributed by atoms with Crippen LogP contribution >= 0.6 is 0 Å². The molecule has 1 unspecified atom stereocenters. The molecule has 0 radical (unpaired) electrons. The largest absolute Gasteiger partial charge is 0.364 e. The lowest BCUT2D eigenvalue weighted by Crippen LogP contribution is -2.30. The molecule has 0 spiro atoms. The Labute approximate surface area is 403 Å². The van der Waals surface area contributed by atoms with Gasteiger partial charge in [-0.3, -0.25) is 0 Å². The van der Waals surface area contributed by atoms with Gasteiger partial charge in [-0.05, 0) is 114 Å². The van der Waals surface area contributed by atoms with Gasteiger partial charge >= 0.3 is 0 Å². The van der Waals surface area contributed by atoms with Crippen LogP contribution in [0.3, 0.4) is 0 Å². The van der Waals surface area contributed by atoms with Gasteiger partial charge in [-0.1, -0.05) is 171 Å². The molecule has 4 heterocycles. The van der Waals surface area contributed by atoms with E-state index in [4.69, 9.17) is 4.98 Å². The molecule has 0 saturated heterocycles. The lowest BCUT2D eigenvalue weighted by molar-refractivity contribution is 0.346. The molecule has 1 fully saturated rings. The highest BCUT2D eigenvalue weighted by Gasteiger charge is 2.36. The monoisotopic (exact) mass is 888 g/mol. The predicted molar refractivity (Wildman–Crippen MR) is 288 cm³/mol. The van der Waals surface area contributed by atoms with Gasteiger partial charge < -0.3 is 14.0 Å². The predicted octanol–water partition coefficient (Wildman–Crippen LogP) is 16.4. The lowest BCUT2D eigenvalue weighted by Gasteiger charge is -2.39. The van der Waals surface area contributed by atoms with E-state index in [1.165, 1.54) is 102 Å². The number of hydrogen-bond donors (Lipinski definition) is 0. The van der Waals surface area contributed by atoms with Crippen LogP contribution in [0.4, 0.5) is 0 Å². The van der Waals surface area contributed by atoms with Crippen LogP contribution in [-0.2, 0) is 5.41 Å². The first kappa shape index (κ1) is 41.0. The Morgan fingerprint density at radius 1 is 0.435 bits per heavy atom. The molecule has 69 heavy (non-hydrogen) atoms. The molecule has 1 aliphatic heterocycles. The number of aromatic nitrogens is 3. The van der Waals surface area contributed by atoms with Gasteiger partial charge in [0, 0.05) is 62.2 Å². The fourth-order valence-corrected chi connectivity index (χ4v) is 11.9. The molecular formula is C65H52N4. The van der Waals surface area contributed by atoms with Crippen LogP contribution in [0.2, 0.25) is 0 Å². The number of likely N-dealkylation sites (N-methyl/N-ethyl adjacent to an activating group) is 1. The minimum Gasteiger partial charge on any atom is -0.364 e. The minimum atomic E-state index is -0.0478. The van der Waals surface area contributed by atoms with Crippen molar-refractivity contribution in [2.45, 2.75) is 43.6 Å². The van der Waals surface area contributed by atoms with E-state index in [1.807, 2.05) is 6.07 Å². The van der Waals surface area contributed by atoms with Gasteiger partial charge in [0.25, 0.3) is 0 Å². The first-order valence-corrected chi connectivity index (χ1v) is 24.6. The highest BCUT2D eigenvalue weighted by molar-refractivity contribution is 6.11. The quantitative estimate of drug-likeness (QED) is 0.152. The third kappa shape index (κ3) is 6.93. The number of nitrogens with zero attached hydrogens (tertiary/aromatic N) is 4. The summed E-state index contributed by atoms with van der Waals surface area (Å²) in [5, 5.41) is 5.01. The van der Waals surface area contributed by atoms with Gasteiger partial charge in [0.15, 0.2) is 0 Å². The molecule has 8 aromatic carbocycles. The highest BCUT2D eigenvalue weighted by atomic mass is 15.1. The van der Waals surface area contributed by atoms with Gasteiger partial charge in [0.1, 0.15) is 0 Å². The molecule has 0 N–H and O–H groups in total. The topological polar surface area (TPSA) is 26.0 Å². The maximum Gasteiger partial charge on any atom is 0.0726 e. The molecule has 3 aromatic heterocycles. The number of rotatable bonds is 8. The number of para-hydroxylation sites is 2. The van der Waals surface area contributed by atoms with E-state index in [9.17, 15) is 0 Å². The van der Waals surface area contributed by atoms with Crippen molar-refractivity contribution in [2.75, 3.05) is 7.05 Å². The van der Waals surface area contributed by atoms with E-state index < -0.39 is 0 Å². The van der Waals surface area contributed by atoms with Crippen molar-refractivity contribution in [3.63, 3.8) is 0 Å². The molecule has 13 rings (SSSR count). The van der Waals surface area contributed by atoms with Crippen molar-refractivity contribution in [3.8, 4) is 33.9 Å². The van der Waals surface area contributed by atoms with Crippen molar-refractivity contribution in [3.05, 3.63) is 253 Å². The summed E-state index contributed by atoms with van der Waals surface area (Å²) in [7, 11) is 2.21. The van der Waals surface area contributed by atoms with Crippen molar-refractivity contribution in [1.29, 1.82) is 0 Å². The summed E-state index contributed by atoms with van der Waals surface area (Å²) >= 11 is 0. The summed E-state index contributed by atoms with van der Waals surface area (Å²) in [5.74, 6) is 0. The number of pyridine rings is 1. The normalized spacial score (nSPS) is 15.9. The molecule has 1 aliphatic carbocycles. The van der Waals surface area contributed by atoms with Crippen LogP contribution in [0.5, 0.6) is 0 Å². The standard InChI is InChI=1S/C65H52N4/c1-67-59(46-19-7-3-8-20-46)27-16-28-60(67)48-30-40-64-56(44-48)54-22-10-12-26-62(54)69(64)52-37-33-50(34-38-52)65(41-13-4-14-42-65)49-31-35-51(36-32-49)68-61-25-11-9-21-53(61)55-43-47(29-39-63(55)68)58-24-15-23-57(66-58)45-17-5-2-6-18-45/h2-3,5-12,15-40,43-44,59H,4,13-14,41-42H2,1H3. The maximum absolute atomic E-state index is 5.11. The van der Waals surface area contributed by atoms with Gasteiger partial charge in [0.05, 0.1) is 39.5 Å². The third-order valence-corrected chi connectivity index (χ3v) is 15.3. The zero-order chi connectivity index (χ0) is 45.9. The number of fused-ring (bicyclic) bond motifs is 6. The molecular weight excluding hydrogens is 837 g/mol. The second kappa shape index (κ2) is 16.8.